The summed E-state index contributed by atoms with van der Waals surface area (Å²) in [6.07, 6.45) is 2.88. The number of urea groups is 1. The lowest BCUT2D eigenvalue weighted by Crippen LogP contribution is -2.69. The number of aromatic nitrogens is 1. The number of hydrogen-bond donors (Lipinski definition) is 3. The third-order valence-electron chi connectivity index (χ3n) is 6.80. The minimum absolute atomic E-state index is 0.00595. The minimum atomic E-state index is -1.98. The number of carboxylic acid groups (broad SMARTS) is 1. The van der Waals surface area contributed by atoms with Gasteiger partial charge in [0.25, 0.3) is 5.91 Å². The molecule has 2 atom stereocenters. The van der Waals surface area contributed by atoms with E-state index in [4.69, 9.17) is 0 Å². The molecule has 1 aliphatic carbocycles. The molecule has 4 amide bonds. The van der Waals surface area contributed by atoms with E-state index in [0.29, 0.717) is 5.52 Å². The van der Waals surface area contributed by atoms with Gasteiger partial charge in [-0.15, -0.1) is 0 Å². The summed E-state index contributed by atoms with van der Waals surface area (Å²) in [4.78, 5) is 74.0. The SMILES string of the molecule is O=C1NC(=O)C([N+](=O)[O-])C(C(=O)N2CCN(c3cc4c(cc3F)c(=O)c(C(=O)O)cn4C3CC3)CC2)N1. The van der Waals surface area contributed by atoms with E-state index in [-0.39, 0.29) is 43.3 Å². The number of hydrogen-bond acceptors (Lipinski definition) is 8. The number of rotatable bonds is 5. The van der Waals surface area contributed by atoms with Gasteiger partial charge in [0.1, 0.15) is 11.4 Å². The number of amides is 4. The predicted molar refractivity (Wildman–Crippen MR) is 123 cm³/mol. The van der Waals surface area contributed by atoms with Crippen LogP contribution in [0.4, 0.5) is 14.9 Å². The van der Waals surface area contributed by atoms with Gasteiger partial charge in [-0.05, 0) is 25.0 Å². The third-order valence-corrected chi connectivity index (χ3v) is 6.80. The van der Waals surface area contributed by atoms with Crippen LogP contribution in [-0.2, 0) is 9.59 Å². The van der Waals surface area contributed by atoms with Gasteiger partial charge in [-0.25, -0.2) is 14.0 Å². The highest BCUT2D eigenvalue weighted by molar-refractivity contribution is 6.05. The van der Waals surface area contributed by atoms with Crippen LogP contribution >= 0.6 is 0 Å². The fourth-order valence-corrected chi connectivity index (χ4v) is 4.78. The Morgan fingerprint density at radius 1 is 1.11 bits per heavy atom. The van der Waals surface area contributed by atoms with Crippen molar-refractivity contribution in [3.8, 4) is 0 Å². The number of piperazine rings is 1. The summed E-state index contributed by atoms with van der Waals surface area (Å²) in [5, 5.41) is 24.6. The zero-order valence-corrected chi connectivity index (χ0v) is 19.2. The average molecular weight is 516 g/mol. The topological polar surface area (TPSA) is 184 Å². The van der Waals surface area contributed by atoms with Crippen LogP contribution in [0.15, 0.2) is 23.1 Å². The van der Waals surface area contributed by atoms with Crippen molar-refractivity contribution < 1.29 is 33.6 Å². The molecule has 14 nitrogen and oxygen atoms in total. The van der Waals surface area contributed by atoms with Crippen LogP contribution in [0.1, 0.15) is 29.2 Å². The fraction of sp³-hybridized carbons (Fsp3) is 0.409. The number of carbonyl (C=O) groups is 4. The minimum Gasteiger partial charge on any atom is -0.477 e. The first-order chi connectivity index (χ1) is 17.6. The van der Waals surface area contributed by atoms with Gasteiger partial charge in [-0.1, -0.05) is 0 Å². The van der Waals surface area contributed by atoms with Gasteiger partial charge in [0.2, 0.25) is 5.43 Å². The van der Waals surface area contributed by atoms with Gasteiger partial charge in [0, 0.05) is 48.7 Å². The zero-order chi connectivity index (χ0) is 26.6. The molecule has 1 saturated carbocycles. The van der Waals surface area contributed by atoms with E-state index in [2.05, 4.69) is 5.32 Å². The summed E-state index contributed by atoms with van der Waals surface area (Å²) in [5.41, 5.74) is -0.656. The van der Waals surface area contributed by atoms with Crippen LogP contribution in [0.25, 0.3) is 10.9 Å². The van der Waals surface area contributed by atoms with Crippen molar-refractivity contribution in [2.75, 3.05) is 31.1 Å². The Balaban J connectivity index is 1.39. The van der Waals surface area contributed by atoms with E-state index in [1.807, 2.05) is 0 Å². The highest BCUT2D eigenvalue weighted by atomic mass is 19.1. The maximum atomic E-state index is 15.2. The molecule has 3 aliphatic rings. The molecule has 3 heterocycles. The molecule has 2 aromatic rings. The van der Waals surface area contributed by atoms with Gasteiger partial charge in [-0.2, -0.15) is 0 Å². The summed E-state index contributed by atoms with van der Waals surface area (Å²) in [6, 6.07) is -2.14. The third kappa shape index (κ3) is 4.21. The molecule has 37 heavy (non-hydrogen) atoms. The van der Waals surface area contributed by atoms with Crippen molar-refractivity contribution in [3.63, 3.8) is 0 Å². The summed E-state index contributed by atoms with van der Waals surface area (Å²) in [6.45, 7) is 0.320. The molecule has 3 fully saturated rings. The number of benzene rings is 1. The Morgan fingerprint density at radius 3 is 2.38 bits per heavy atom. The van der Waals surface area contributed by atoms with Crippen molar-refractivity contribution in [2.45, 2.75) is 31.0 Å². The number of nitrogens with one attached hydrogen (secondary N) is 2. The van der Waals surface area contributed by atoms with E-state index >= 15 is 4.39 Å². The molecule has 0 bridgehead atoms. The number of halogens is 1. The smallest absolute Gasteiger partial charge is 0.341 e. The first-order valence-corrected chi connectivity index (χ1v) is 11.5. The van der Waals surface area contributed by atoms with Gasteiger partial charge < -0.3 is 24.8 Å². The molecule has 2 aliphatic heterocycles. The molecular formula is C22H21FN6O8. The average Bonchev–Trinajstić information content (AvgIpc) is 3.68. The second-order valence-electron chi connectivity index (χ2n) is 9.12. The van der Waals surface area contributed by atoms with Crippen molar-refractivity contribution >= 4 is 40.4 Å². The van der Waals surface area contributed by atoms with Crippen LogP contribution in [-0.4, -0.2) is 81.6 Å². The molecule has 2 unspecified atom stereocenters. The first-order valence-electron chi connectivity index (χ1n) is 11.5. The number of nitrogens with zero attached hydrogens (tertiary/aromatic N) is 4. The number of fused-ring (bicyclic) bond motifs is 1. The Morgan fingerprint density at radius 2 is 1.78 bits per heavy atom. The zero-order valence-electron chi connectivity index (χ0n) is 19.2. The highest BCUT2D eigenvalue weighted by Gasteiger charge is 2.50. The molecule has 1 aromatic carbocycles. The first kappa shape index (κ1) is 24.1. The van der Waals surface area contributed by atoms with E-state index < -0.39 is 57.6 Å². The second-order valence-corrected chi connectivity index (χ2v) is 9.12. The van der Waals surface area contributed by atoms with Gasteiger partial charge >= 0.3 is 23.9 Å². The van der Waals surface area contributed by atoms with Crippen LogP contribution < -0.4 is 21.0 Å². The normalized spacial score (nSPS) is 22.0. The number of carboxylic acids is 1. The molecule has 3 N–H and O–H groups in total. The highest BCUT2D eigenvalue weighted by Crippen LogP contribution is 2.38. The molecule has 194 valence electrons. The van der Waals surface area contributed by atoms with Crippen molar-refractivity contribution in [2.24, 2.45) is 0 Å². The number of imide groups is 1. The number of aromatic carboxylic acids is 1. The quantitative estimate of drug-likeness (QED) is 0.354. The summed E-state index contributed by atoms with van der Waals surface area (Å²) < 4.78 is 16.8. The maximum absolute atomic E-state index is 15.2. The Bertz CT molecular complexity index is 1430. The number of nitro groups is 1. The van der Waals surface area contributed by atoms with Crippen molar-refractivity contribution in [3.05, 3.63) is 50.0 Å². The summed E-state index contributed by atoms with van der Waals surface area (Å²) in [7, 11) is 0. The van der Waals surface area contributed by atoms with Gasteiger partial charge in [0.05, 0.1) is 11.2 Å². The van der Waals surface area contributed by atoms with Crippen LogP contribution in [0.5, 0.6) is 0 Å². The van der Waals surface area contributed by atoms with Gasteiger partial charge in [0.15, 0.2) is 6.04 Å². The van der Waals surface area contributed by atoms with E-state index in [1.165, 1.54) is 17.2 Å². The predicted octanol–water partition coefficient (Wildman–Crippen LogP) is -0.324. The lowest BCUT2D eigenvalue weighted by atomic mass is 10.0. The van der Waals surface area contributed by atoms with E-state index in [1.54, 1.807) is 14.8 Å². The lowest BCUT2D eigenvalue weighted by molar-refractivity contribution is -0.510. The molecule has 2 saturated heterocycles. The summed E-state index contributed by atoms with van der Waals surface area (Å²) >= 11 is 0. The molecule has 1 aromatic heterocycles. The Labute approximate surface area is 206 Å². The molecule has 5 rings (SSSR count). The van der Waals surface area contributed by atoms with Crippen LogP contribution in [0, 0.1) is 15.9 Å². The molecule has 0 radical (unpaired) electrons. The van der Waals surface area contributed by atoms with Crippen LogP contribution in [0.3, 0.4) is 0 Å². The standard InChI is InChI=1S/C22H21FN6O8/c23-13-7-11-14(28(10-1-2-10)9-12(18(11)30)21(33)34)8-15(13)26-3-5-27(6-4-26)20(32)16-17(29(36)37)19(31)25-22(35)24-16/h7-10,16-17H,1-6H2,(H,33,34)(H2,24,25,31,35). The number of carbonyl (C=O) groups excluding carboxylic acids is 3. The Kier molecular flexibility index (Phi) is 5.76. The fourth-order valence-electron chi connectivity index (χ4n) is 4.78. The Hall–Kier alpha value is -4.56. The maximum Gasteiger partial charge on any atom is 0.341 e. The lowest BCUT2D eigenvalue weighted by Gasteiger charge is -2.38. The molecular weight excluding hydrogens is 495 g/mol. The monoisotopic (exact) mass is 516 g/mol. The second kappa shape index (κ2) is 8.83. The summed E-state index contributed by atoms with van der Waals surface area (Å²) in [5.74, 6) is -4.11. The van der Waals surface area contributed by atoms with Crippen LogP contribution in [0.2, 0.25) is 0 Å². The number of pyridine rings is 1. The molecule has 15 heteroatoms. The largest absolute Gasteiger partial charge is 0.477 e. The number of anilines is 1. The van der Waals surface area contributed by atoms with Crippen molar-refractivity contribution in [1.29, 1.82) is 0 Å². The van der Waals surface area contributed by atoms with E-state index in [9.17, 15) is 39.2 Å². The van der Waals surface area contributed by atoms with Gasteiger partial charge in [-0.3, -0.25) is 29.8 Å². The van der Waals surface area contributed by atoms with E-state index in [0.717, 1.165) is 18.9 Å². The molecule has 0 spiro atoms. The van der Waals surface area contributed by atoms with Crippen molar-refractivity contribution in [1.82, 2.24) is 20.1 Å².